The van der Waals surface area contributed by atoms with E-state index in [0.717, 1.165) is 51.7 Å². The van der Waals surface area contributed by atoms with Gasteiger partial charge in [0.15, 0.2) is 0 Å². The third kappa shape index (κ3) is 8.22. The number of aliphatic hydroxyl groups excluding tert-OH is 1. The maximum atomic E-state index is 8.94. The summed E-state index contributed by atoms with van der Waals surface area (Å²) in [6, 6.07) is 0.223. The van der Waals surface area contributed by atoms with Gasteiger partial charge in [-0.3, -0.25) is 0 Å². The molecule has 5 nitrogen and oxygen atoms in total. The van der Waals surface area contributed by atoms with E-state index in [9.17, 15) is 0 Å². The molecule has 0 radical (unpaired) electrons. The predicted molar refractivity (Wildman–Crippen MR) is 82.3 cm³/mol. The Labute approximate surface area is 123 Å². The van der Waals surface area contributed by atoms with Crippen molar-refractivity contribution in [2.45, 2.75) is 57.3 Å². The van der Waals surface area contributed by atoms with Gasteiger partial charge in [-0.15, -0.1) is 0 Å². The molecule has 0 bridgehead atoms. The van der Waals surface area contributed by atoms with Crippen LogP contribution in [-0.2, 0) is 0 Å². The van der Waals surface area contributed by atoms with Crippen LogP contribution in [0.5, 0.6) is 0 Å². The van der Waals surface area contributed by atoms with Gasteiger partial charge in [0.2, 0.25) is 0 Å². The van der Waals surface area contributed by atoms with Crippen LogP contribution in [0.1, 0.15) is 44.9 Å². The lowest BCUT2D eigenvalue weighted by Crippen LogP contribution is -2.37. The number of nitrogens with zero attached hydrogens (tertiary/aromatic N) is 1. The van der Waals surface area contributed by atoms with E-state index in [-0.39, 0.29) is 6.04 Å². The van der Waals surface area contributed by atoms with E-state index in [0.29, 0.717) is 18.8 Å². The number of aliphatic hydroxyl groups is 1. The first kappa shape index (κ1) is 17.9. The van der Waals surface area contributed by atoms with Crippen LogP contribution in [-0.4, -0.2) is 59.5 Å². The van der Waals surface area contributed by atoms with Crippen molar-refractivity contribution in [1.82, 2.24) is 4.90 Å². The first-order valence-electron chi connectivity index (χ1n) is 8.06. The van der Waals surface area contributed by atoms with Gasteiger partial charge in [0.1, 0.15) is 0 Å². The number of nitrogens with two attached hydrogens (primary N) is 1. The standard InChI is InChI=1S/C14H31BN2O3/c16-14(3-1-2-8-15(19)20)6-11-17-9-4-13(5-10-17)7-12-18/h13-14,18-20H,1-12,16H2. The van der Waals surface area contributed by atoms with E-state index in [1.165, 1.54) is 12.8 Å². The molecule has 1 heterocycles. The van der Waals surface area contributed by atoms with Gasteiger partial charge in [-0.05, 0) is 64.0 Å². The zero-order valence-corrected chi connectivity index (χ0v) is 12.6. The molecule has 1 atom stereocenters. The highest BCUT2D eigenvalue weighted by atomic mass is 16.4. The van der Waals surface area contributed by atoms with Crippen molar-refractivity contribution >= 4 is 7.12 Å². The highest BCUT2D eigenvalue weighted by molar-refractivity contribution is 6.40. The number of rotatable bonds is 10. The minimum absolute atomic E-state index is 0.223. The Morgan fingerprint density at radius 3 is 2.45 bits per heavy atom. The molecule has 1 aliphatic rings. The minimum Gasteiger partial charge on any atom is -0.427 e. The summed E-state index contributed by atoms with van der Waals surface area (Å²) in [5.74, 6) is 0.704. The van der Waals surface area contributed by atoms with E-state index >= 15 is 0 Å². The second-order valence-corrected chi connectivity index (χ2v) is 6.11. The molecule has 118 valence electrons. The van der Waals surface area contributed by atoms with Crippen LogP contribution < -0.4 is 5.73 Å². The molecular formula is C14H31BN2O3. The summed E-state index contributed by atoms with van der Waals surface area (Å²) in [7, 11) is -1.17. The molecular weight excluding hydrogens is 255 g/mol. The molecule has 1 aliphatic heterocycles. The highest BCUT2D eigenvalue weighted by Crippen LogP contribution is 2.20. The number of piperidine rings is 1. The predicted octanol–water partition coefficient (Wildman–Crippen LogP) is 0.441. The van der Waals surface area contributed by atoms with Crippen molar-refractivity contribution < 1.29 is 15.2 Å². The fourth-order valence-corrected chi connectivity index (χ4v) is 2.91. The van der Waals surface area contributed by atoms with Crippen molar-refractivity contribution in [1.29, 1.82) is 0 Å². The van der Waals surface area contributed by atoms with E-state index in [4.69, 9.17) is 20.9 Å². The fraction of sp³-hybridized carbons (Fsp3) is 1.00. The molecule has 0 aromatic heterocycles. The van der Waals surface area contributed by atoms with Crippen LogP contribution in [0, 0.1) is 5.92 Å². The molecule has 1 fully saturated rings. The van der Waals surface area contributed by atoms with E-state index in [1.54, 1.807) is 0 Å². The monoisotopic (exact) mass is 286 g/mol. The average Bonchev–Trinajstić information content (AvgIpc) is 2.43. The van der Waals surface area contributed by atoms with Crippen LogP contribution in [0.2, 0.25) is 6.32 Å². The SMILES string of the molecule is NC(CCCCB(O)O)CCN1CCC(CCO)CC1. The first-order valence-corrected chi connectivity index (χ1v) is 8.06. The van der Waals surface area contributed by atoms with Gasteiger partial charge in [-0.25, -0.2) is 0 Å². The van der Waals surface area contributed by atoms with Crippen LogP contribution in [0.3, 0.4) is 0 Å². The van der Waals surface area contributed by atoms with E-state index < -0.39 is 7.12 Å². The maximum Gasteiger partial charge on any atom is 0.451 e. The third-order valence-electron chi connectivity index (χ3n) is 4.35. The molecule has 0 amide bonds. The second-order valence-electron chi connectivity index (χ2n) is 6.11. The smallest absolute Gasteiger partial charge is 0.427 e. The van der Waals surface area contributed by atoms with Crippen LogP contribution in [0.15, 0.2) is 0 Å². The second kappa shape index (κ2) is 10.6. The van der Waals surface area contributed by atoms with Gasteiger partial charge in [-0.1, -0.05) is 12.8 Å². The largest absolute Gasteiger partial charge is 0.451 e. The Bertz CT molecular complexity index is 236. The summed E-state index contributed by atoms with van der Waals surface area (Å²) < 4.78 is 0. The zero-order valence-electron chi connectivity index (χ0n) is 12.6. The Balaban J connectivity index is 2.00. The topological polar surface area (TPSA) is 90.0 Å². The van der Waals surface area contributed by atoms with Crippen LogP contribution in [0.25, 0.3) is 0 Å². The molecule has 20 heavy (non-hydrogen) atoms. The molecule has 5 N–H and O–H groups in total. The summed E-state index contributed by atoms with van der Waals surface area (Å²) in [5, 5.41) is 26.4. The van der Waals surface area contributed by atoms with E-state index in [2.05, 4.69) is 4.90 Å². The Morgan fingerprint density at radius 1 is 1.15 bits per heavy atom. The van der Waals surface area contributed by atoms with Gasteiger partial charge >= 0.3 is 7.12 Å². The first-order chi connectivity index (χ1) is 9.61. The normalized spacial score (nSPS) is 19.2. The van der Waals surface area contributed by atoms with Gasteiger partial charge < -0.3 is 25.8 Å². The minimum atomic E-state index is -1.17. The van der Waals surface area contributed by atoms with Crippen molar-refractivity contribution in [3.63, 3.8) is 0 Å². The van der Waals surface area contributed by atoms with Gasteiger partial charge in [0.05, 0.1) is 0 Å². The molecule has 0 aromatic carbocycles. The molecule has 1 unspecified atom stereocenters. The van der Waals surface area contributed by atoms with Crippen molar-refractivity contribution in [3.8, 4) is 0 Å². The Morgan fingerprint density at radius 2 is 1.85 bits per heavy atom. The van der Waals surface area contributed by atoms with Crippen molar-refractivity contribution in [2.24, 2.45) is 11.7 Å². The van der Waals surface area contributed by atoms with Gasteiger partial charge in [0, 0.05) is 12.6 Å². The van der Waals surface area contributed by atoms with Crippen molar-refractivity contribution in [2.75, 3.05) is 26.2 Å². The fourth-order valence-electron chi connectivity index (χ4n) is 2.91. The zero-order chi connectivity index (χ0) is 14.8. The summed E-state index contributed by atoms with van der Waals surface area (Å²) in [5.41, 5.74) is 6.10. The lowest BCUT2D eigenvalue weighted by molar-refractivity contribution is 0.155. The summed E-state index contributed by atoms with van der Waals surface area (Å²) in [4.78, 5) is 2.48. The lowest BCUT2D eigenvalue weighted by Gasteiger charge is -2.32. The molecule has 1 rings (SSSR count). The molecule has 0 aliphatic carbocycles. The summed E-state index contributed by atoms with van der Waals surface area (Å²) >= 11 is 0. The lowest BCUT2D eigenvalue weighted by atomic mass is 9.83. The average molecular weight is 286 g/mol. The quantitative estimate of drug-likeness (QED) is 0.346. The number of unbranched alkanes of at least 4 members (excludes halogenated alkanes) is 1. The van der Waals surface area contributed by atoms with Crippen LogP contribution >= 0.6 is 0 Å². The number of hydrogen-bond acceptors (Lipinski definition) is 5. The number of hydrogen-bond donors (Lipinski definition) is 4. The highest BCUT2D eigenvalue weighted by Gasteiger charge is 2.18. The molecule has 6 heteroatoms. The Kier molecular flexibility index (Phi) is 9.47. The molecule has 0 spiro atoms. The summed E-state index contributed by atoms with van der Waals surface area (Å²) in [6.07, 6.45) is 7.58. The number of likely N-dealkylation sites (tertiary alicyclic amines) is 1. The van der Waals surface area contributed by atoms with E-state index in [1.807, 2.05) is 0 Å². The van der Waals surface area contributed by atoms with Gasteiger partial charge in [-0.2, -0.15) is 0 Å². The van der Waals surface area contributed by atoms with Crippen molar-refractivity contribution in [3.05, 3.63) is 0 Å². The Hall–Kier alpha value is -0.135. The molecule has 0 saturated carbocycles. The maximum absolute atomic E-state index is 8.94. The van der Waals surface area contributed by atoms with Gasteiger partial charge in [0.25, 0.3) is 0 Å². The molecule has 1 saturated heterocycles. The third-order valence-corrected chi connectivity index (χ3v) is 4.35. The summed E-state index contributed by atoms with van der Waals surface area (Å²) in [6.45, 7) is 3.65. The molecule has 0 aromatic rings. The van der Waals surface area contributed by atoms with Crippen LogP contribution in [0.4, 0.5) is 0 Å².